The predicted molar refractivity (Wildman–Crippen MR) is 167 cm³/mol. The fourth-order valence-corrected chi connectivity index (χ4v) is 8.57. The highest BCUT2D eigenvalue weighted by molar-refractivity contribution is 7.89. The number of nitrogens with zero attached hydrogens (tertiary/aromatic N) is 5. The number of ether oxygens (including phenoxy) is 1. The molecule has 2 aromatic heterocycles. The molecule has 44 heavy (non-hydrogen) atoms. The lowest BCUT2D eigenvalue weighted by atomic mass is 9.95. The summed E-state index contributed by atoms with van der Waals surface area (Å²) in [7, 11) is -3.65. The van der Waals surface area contributed by atoms with Gasteiger partial charge in [0.2, 0.25) is 10.0 Å². The van der Waals surface area contributed by atoms with E-state index in [1.165, 1.54) is 0 Å². The summed E-state index contributed by atoms with van der Waals surface area (Å²) in [6, 6.07) is 11.3. The Hall–Kier alpha value is -3.45. The van der Waals surface area contributed by atoms with Gasteiger partial charge in [-0.05, 0) is 73.9 Å². The third kappa shape index (κ3) is 5.38. The predicted octanol–water partition coefficient (Wildman–Crippen LogP) is 3.99. The number of nitrogens with two attached hydrogens (primary N) is 1. The van der Waals surface area contributed by atoms with Crippen LogP contribution in [0.15, 0.2) is 42.6 Å². The van der Waals surface area contributed by atoms with Crippen LogP contribution in [0.4, 0.5) is 10.2 Å². The van der Waals surface area contributed by atoms with E-state index in [9.17, 15) is 13.5 Å². The minimum atomic E-state index is -3.65. The summed E-state index contributed by atoms with van der Waals surface area (Å²) < 4.78 is 46.8. The second-order valence-electron chi connectivity index (χ2n) is 12.5. The van der Waals surface area contributed by atoms with Crippen LogP contribution in [0, 0.1) is 11.7 Å². The lowest BCUT2D eigenvalue weighted by molar-refractivity contribution is 0.108. The normalized spacial score (nSPS) is 20.4. The zero-order valence-electron chi connectivity index (χ0n) is 24.6. The number of aliphatic hydroxyl groups is 1. The Morgan fingerprint density at radius 3 is 2.59 bits per heavy atom. The third-order valence-electron chi connectivity index (χ3n) is 9.63. The summed E-state index contributed by atoms with van der Waals surface area (Å²) in [5.74, 6) is -0.430. The number of benzene rings is 2. The van der Waals surface area contributed by atoms with Crippen LogP contribution in [0.3, 0.4) is 0 Å². The summed E-state index contributed by atoms with van der Waals surface area (Å²) in [4.78, 5) is 18.5. The van der Waals surface area contributed by atoms with Gasteiger partial charge in [-0.2, -0.15) is 9.97 Å². The Balaban J connectivity index is 1.34. The quantitative estimate of drug-likeness (QED) is 0.300. The number of aromatic nitrogens is 3. The van der Waals surface area contributed by atoms with Gasteiger partial charge in [-0.15, -0.1) is 0 Å². The highest BCUT2D eigenvalue weighted by Gasteiger charge is 2.45. The molecule has 0 aliphatic carbocycles. The van der Waals surface area contributed by atoms with Gasteiger partial charge >= 0.3 is 6.01 Å². The maximum Gasteiger partial charge on any atom is 0.319 e. The van der Waals surface area contributed by atoms with Crippen LogP contribution in [-0.4, -0.2) is 77.5 Å². The van der Waals surface area contributed by atoms with E-state index in [-0.39, 0.29) is 41.0 Å². The van der Waals surface area contributed by atoms with Crippen molar-refractivity contribution in [3.63, 3.8) is 0 Å². The second-order valence-corrected chi connectivity index (χ2v) is 14.1. The molecule has 3 N–H and O–H groups in total. The first-order valence-electron chi connectivity index (χ1n) is 15.4. The summed E-state index contributed by atoms with van der Waals surface area (Å²) in [5, 5.41) is 17.5. The second kappa shape index (κ2) is 11.5. The van der Waals surface area contributed by atoms with E-state index < -0.39 is 15.8 Å². The van der Waals surface area contributed by atoms with E-state index in [2.05, 4.69) is 14.9 Å². The largest absolute Gasteiger partial charge is 0.461 e. The van der Waals surface area contributed by atoms with E-state index in [1.807, 2.05) is 35.2 Å². The first-order valence-corrected chi connectivity index (χ1v) is 17.1. The monoisotopic (exact) mass is 620 g/mol. The first kappa shape index (κ1) is 29.3. The zero-order valence-corrected chi connectivity index (χ0v) is 25.4. The molecule has 1 atom stereocenters. The molecular weight excluding hydrogens is 583 g/mol. The average molecular weight is 621 g/mol. The van der Waals surface area contributed by atoms with Gasteiger partial charge in [0.05, 0.1) is 23.3 Å². The number of primary sulfonamides is 1. The van der Waals surface area contributed by atoms with E-state index in [4.69, 9.17) is 14.9 Å². The number of hydrogen-bond donors (Lipinski definition) is 2. The van der Waals surface area contributed by atoms with Gasteiger partial charge < -0.3 is 14.7 Å². The van der Waals surface area contributed by atoms with Crippen molar-refractivity contribution in [2.45, 2.75) is 50.7 Å². The third-order valence-corrected chi connectivity index (χ3v) is 10.6. The standard InChI is InChI=1S/C32H37FN6O4S/c33-27-28(24-10-2-8-22-7-1-9-23(18-40)26(22)24)35-16-25-29(27)36-31(43-20-32-11-4-14-39(32)15-5-12-32)37-30(25)38-13-3-6-21(17-38)19-44(34,41)42/h1-2,7-10,16,21,40H,3-6,11-15,17-20H2,(H2,34,41,42). The minimum Gasteiger partial charge on any atom is -0.461 e. The fraction of sp³-hybridized carbons (Fsp3) is 0.469. The van der Waals surface area contributed by atoms with Crippen molar-refractivity contribution >= 4 is 37.5 Å². The number of hydrogen-bond acceptors (Lipinski definition) is 9. The molecule has 0 spiro atoms. The first-order chi connectivity index (χ1) is 21.2. The summed E-state index contributed by atoms with van der Waals surface area (Å²) in [6.45, 7) is 3.37. The SMILES string of the molecule is NS(=O)(=O)CC1CCCN(c2nc(OCC34CCCN3CCC4)nc3c(F)c(-c4cccc5cccc(CO)c45)ncc23)C1. The van der Waals surface area contributed by atoms with E-state index in [0.717, 1.165) is 62.4 Å². The lowest BCUT2D eigenvalue weighted by Gasteiger charge is -2.34. The summed E-state index contributed by atoms with van der Waals surface area (Å²) >= 11 is 0. The maximum atomic E-state index is 16.7. The molecule has 2 aromatic carbocycles. The molecule has 0 bridgehead atoms. The van der Waals surface area contributed by atoms with Crippen molar-refractivity contribution < 1.29 is 22.7 Å². The Kier molecular flexibility index (Phi) is 7.64. The van der Waals surface area contributed by atoms with Crippen molar-refractivity contribution in [1.29, 1.82) is 0 Å². The molecule has 0 saturated carbocycles. The van der Waals surface area contributed by atoms with Crippen molar-refractivity contribution in [3.8, 4) is 17.3 Å². The van der Waals surface area contributed by atoms with Gasteiger partial charge in [0, 0.05) is 24.8 Å². The van der Waals surface area contributed by atoms with Crippen LogP contribution in [0.25, 0.3) is 32.9 Å². The molecule has 3 aliphatic heterocycles. The number of halogens is 1. The van der Waals surface area contributed by atoms with Gasteiger partial charge in [0.25, 0.3) is 0 Å². The Labute approximate surface area is 256 Å². The van der Waals surface area contributed by atoms with Gasteiger partial charge in [-0.1, -0.05) is 36.4 Å². The van der Waals surface area contributed by atoms with Crippen molar-refractivity contribution in [2.24, 2.45) is 11.1 Å². The number of rotatable bonds is 8. The molecule has 232 valence electrons. The smallest absolute Gasteiger partial charge is 0.319 e. The molecule has 3 fully saturated rings. The number of piperidine rings is 1. The molecule has 5 heterocycles. The van der Waals surface area contributed by atoms with Gasteiger partial charge in [-0.3, -0.25) is 9.88 Å². The van der Waals surface area contributed by atoms with Crippen LogP contribution in [-0.2, 0) is 16.6 Å². The van der Waals surface area contributed by atoms with Crippen LogP contribution >= 0.6 is 0 Å². The highest BCUT2D eigenvalue weighted by atomic mass is 32.2. The molecule has 7 rings (SSSR count). The van der Waals surface area contributed by atoms with Crippen LogP contribution in [0.1, 0.15) is 44.1 Å². The molecule has 12 heteroatoms. The van der Waals surface area contributed by atoms with E-state index in [0.29, 0.717) is 42.0 Å². The molecule has 0 amide bonds. The lowest BCUT2D eigenvalue weighted by Crippen LogP contribution is -2.43. The number of pyridine rings is 1. The number of anilines is 1. The molecular formula is C32H37FN6O4S. The Morgan fingerprint density at radius 1 is 1.07 bits per heavy atom. The Bertz CT molecular complexity index is 1820. The van der Waals surface area contributed by atoms with Gasteiger partial charge in [0.1, 0.15) is 23.6 Å². The number of fused-ring (bicyclic) bond motifs is 3. The van der Waals surface area contributed by atoms with Gasteiger partial charge in [-0.25, -0.2) is 17.9 Å². The average Bonchev–Trinajstić information content (AvgIpc) is 3.59. The summed E-state index contributed by atoms with van der Waals surface area (Å²) in [5.41, 5.74) is 1.41. The fourth-order valence-electron chi connectivity index (χ4n) is 7.64. The molecule has 1 unspecified atom stereocenters. The minimum absolute atomic E-state index is 0.0458. The van der Waals surface area contributed by atoms with Crippen LogP contribution in [0.5, 0.6) is 6.01 Å². The van der Waals surface area contributed by atoms with Crippen molar-refractivity contribution in [2.75, 3.05) is 43.4 Å². The Morgan fingerprint density at radius 2 is 1.84 bits per heavy atom. The highest BCUT2D eigenvalue weighted by Crippen LogP contribution is 2.40. The number of aliphatic hydroxyl groups excluding tert-OH is 1. The molecule has 3 saturated heterocycles. The van der Waals surface area contributed by atoms with Crippen molar-refractivity contribution in [1.82, 2.24) is 19.9 Å². The molecule has 4 aromatic rings. The molecule has 0 radical (unpaired) electrons. The zero-order chi connectivity index (χ0) is 30.5. The van der Waals surface area contributed by atoms with Gasteiger partial charge in [0.15, 0.2) is 5.82 Å². The molecule has 3 aliphatic rings. The topological polar surface area (TPSA) is 135 Å². The maximum absolute atomic E-state index is 16.7. The van der Waals surface area contributed by atoms with Crippen molar-refractivity contribution in [3.05, 3.63) is 54.0 Å². The van der Waals surface area contributed by atoms with E-state index >= 15 is 4.39 Å². The number of sulfonamides is 1. The molecule has 10 nitrogen and oxygen atoms in total. The van der Waals surface area contributed by atoms with Crippen LogP contribution < -0.4 is 14.8 Å². The van der Waals surface area contributed by atoms with E-state index in [1.54, 1.807) is 12.3 Å². The summed E-state index contributed by atoms with van der Waals surface area (Å²) in [6.07, 6.45) is 7.40. The van der Waals surface area contributed by atoms with Crippen LogP contribution in [0.2, 0.25) is 0 Å².